The zero-order valence-electron chi connectivity index (χ0n) is 21.0. The van der Waals surface area contributed by atoms with E-state index in [0.717, 1.165) is 35.6 Å². The maximum absolute atomic E-state index is 13.1. The Kier molecular flexibility index (Phi) is 6.30. The molecule has 0 unspecified atom stereocenters. The summed E-state index contributed by atoms with van der Waals surface area (Å²) in [6, 6.07) is 12.0. The summed E-state index contributed by atoms with van der Waals surface area (Å²) < 4.78 is 1.83. The predicted molar refractivity (Wildman–Crippen MR) is 142 cm³/mol. The lowest BCUT2D eigenvalue weighted by Gasteiger charge is -2.29. The highest BCUT2D eigenvalue weighted by Crippen LogP contribution is 2.33. The van der Waals surface area contributed by atoms with Crippen LogP contribution in [0, 0.1) is 6.92 Å². The van der Waals surface area contributed by atoms with Gasteiger partial charge in [-0.05, 0) is 52.2 Å². The minimum Gasteiger partial charge on any atom is -0.383 e. The van der Waals surface area contributed by atoms with Crippen molar-refractivity contribution >= 4 is 28.4 Å². The first-order chi connectivity index (χ1) is 17.3. The van der Waals surface area contributed by atoms with Gasteiger partial charge >= 0.3 is 0 Å². The number of amides is 1. The Hall–Kier alpha value is -4.01. The number of pyridine rings is 1. The molecule has 3 N–H and O–H groups in total. The number of carbonyl (C=O) groups is 1. The van der Waals surface area contributed by atoms with Crippen molar-refractivity contribution in [2.75, 3.05) is 30.3 Å². The number of aryl methyl sites for hydroxylation is 1. The van der Waals surface area contributed by atoms with Crippen LogP contribution >= 0.6 is 0 Å². The van der Waals surface area contributed by atoms with E-state index in [4.69, 9.17) is 10.8 Å². The number of nitrogens with one attached hydrogen (secondary N) is 1. The summed E-state index contributed by atoms with van der Waals surface area (Å²) in [7, 11) is 0. The smallest absolute Gasteiger partial charge is 0.270 e. The minimum atomic E-state index is -0.595. The summed E-state index contributed by atoms with van der Waals surface area (Å²) in [5.74, 6) is 0.159. The van der Waals surface area contributed by atoms with E-state index in [1.165, 1.54) is 25.6 Å². The molecule has 0 spiro atoms. The molecule has 4 heterocycles. The normalized spacial score (nSPS) is 14.2. The molecule has 1 saturated heterocycles. The molecule has 0 atom stereocenters. The number of piperidine rings is 1. The molecule has 0 radical (unpaired) electrons. The van der Waals surface area contributed by atoms with Crippen molar-refractivity contribution in [3.63, 3.8) is 0 Å². The van der Waals surface area contributed by atoms with E-state index in [1.54, 1.807) is 6.20 Å². The van der Waals surface area contributed by atoms with Gasteiger partial charge in [-0.3, -0.25) is 9.78 Å². The second-order valence-corrected chi connectivity index (χ2v) is 10.0. The summed E-state index contributed by atoms with van der Waals surface area (Å²) in [5.41, 5.74) is 10.6. The van der Waals surface area contributed by atoms with Crippen LogP contribution in [0.2, 0.25) is 0 Å². The third-order valence-corrected chi connectivity index (χ3v) is 6.77. The van der Waals surface area contributed by atoms with E-state index >= 15 is 0 Å². The van der Waals surface area contributed by atoms with Crippen molar-refractivity contribution in [3.8, 4) is 11.3 Å². The highest BCUT2D eigenvalue weighted by molar-refractivity contribution is 5.98. The Bertz CT molecular complexity index is 1390. The van der Waals surface area contributed by atoms with E-state index in [0.29, 0.717) is 29.1 Å². The first kappa shape index (κ1) is 23.7. The lowest BCUT2D eigenvalue weighted by Crippen LogP contribution is -2.41. The first-order valence-corrected chi connectivity index (χ1v) is 12.4. The molecule has 3 aromatic heterocycles. The number of nitrogens with zero attached hydrogens (tertiary/aromatic N) is 6. The van der Waals surface area contributed by atoms with Crippen LogP contribution in [0.4, 0.5) is 11.5 Å². The maximum atomic E-state index is 13.1. The standard InChI is InChI=1S/C27H32N8O/c1-18-7-9-19(10-8-18)23-22-24(28)31-17-32-25(22)35(33-23)27(2,3)16-30-26(36)21-15-20(11-12-29-21)34-13-5-4-6-14-34/h7-12,15,17H,4-6,13-14,16H2,1-3H3,(H,30,36)(H2,28,31,32). The van der Waals surface area contributed by atoms with Crippen LogP contribution in [0.1, 0.15) is 49.2 Å². The number of carbonyl (C=O) groups excluding carboxylic acids is 1. The highest BCUT2D eigenvalue weighted by Gasteiger charge is 2.28. The lowest BCUT2D eigenvalue weighted by molar-refractivity contribution is 0.0931. The molecule has 1 aliphatic heterocycles. The van der Waals surface area contributed by atoms with Gasteiger partial charge in [0.05, 0.1) is 10.9 Å². The third-order valence-electron chi connectivity index (χ3n) is 6.77. The van der Waals surface area contributed by atoms with E-state index in [1.807, 2.05) is 61.9 Å². The van der Waals surface area contributed by atoms with Crippen molar-refractivity contribution in [2.45, 2.75) is 45.6 Å². The number of anilines is 2. The summed E-state index contributed by atoms with van der Waals surface area (Å²) in [5, 5.41) is 8.66. The number of aromatic nitrogens is 5. The average molecular weight is 485 g/mol. The van der Waals surface area contributed by atoms with Crippen molar-refractivity contribution in [1.82, 2.24) is 30.0 Å². The molecule has 1 aromatic carbocycles. The van der Waals surface area contributed by atoms with Crippen molar-refractivity contribution in [1.29, 1.82) is 0 Å². The molecule has 9 nitrogen and oxygen atoms in total. The lowest BCUT2D eigenvalue weighted by atomic mass is 10.1. The Balaban J connectivity index is 1.40. The predicted octanol–water partition coefficient (Wildman–Crippen LogP) is 3.93. The van der Waals surface area contributed by atoms with Gasteiger partial charge in [0.2, 0.25) is 0 Å². The van der Waals surface area contributed by atoms with Crippen LogP contribution in [0.3, 0.4) is 0 Å². The van der Waals surface area contributed by atoms with Crippen LogP contribution in [0.25, 0.3) is 22.3 Å². The summed E-state index contributed by atoms with van der Waals surface area (Å²) in [6.07, 6.45) is 6.76. The maximum Gasteiger partial charge on any atom is 0.270 e. The molecule has 4 aromatic rings. The molecular formula is C27H32N8O. The number of hydrogen-bond donors (Lipinski definition) is 2. The number of fused-ring (bicyclic) bond motifs is 1. The van der Waals surface area contributed by atoms with Gasteiger partial charge in [0, 0.05) is 37.1 Å². The fourth-order valence-corrected chi connectivity index (χ4v) is 4.66. The van der Waals surface area contributed by atoms with Crippen LogP contribution in [0.15, 0.2) is 48.9 Å². The van der Waals surface area contributed by atoms with E-state index in [2.05, 4.69) is 25.2 Å². The molecule has 186 valence electrons. The Morgan fingerprint density at radius 1 is 1.06 bits per heavy atom. The quantitative estimate of drug-likeness (QED) is 0.426. The summed E-state index contributed by atoms with van der Waals surface area (Å²) in [6.45, 7) is 8.41. The van der Waals surface area contributed by atoms with E-state index in [-0.39, 0.29) is 5.91 Å². The molecule has 1 amide bonds. The molecule has 36 heavy (non-hydrogen) atoms. The van der Waals surface area contributed by atoms with Gasteiger partial charge in [-0.15, -0.1) is 0 Å². The average Bonchev–Trinajstić information content (AvgIpc) is 3.30. The van der Waals surface area contributed by atoms with Crippen molar-refractivity contribution < 1.29 is 4.79 Å². The zero-order chi connectivity index (χ0) is 25.3. The van der Waals surface area contributed by atoms with E-state index < -0.39 is 5.54 Å². The first-order valence-electron chi connectivity index (χ1n) is 12.4. The van der Waals surface area contributed by atoms with Crippen LogP contribution < -0.4 is 16.0 Å². The Labute approximate surface area is 210 Å². The number of nitrogens with two attached hydrogens (primary N) is 1. The van der Waals surface area contributed by atoms with Gasteiger partial charge in [0.1, 0.15) is 23.5 Å². The van der Waals surface area contributed by atoms with Crippen LogP contribution in [-0.2, 0) is 5.54 Å². The van der Waals surface area contributed by atoms with Crippen molar-refractivity contribution in [2.24, 2.45) is 0 Å². The molecule has 1 fully saturated rings. The number of nitrogen functional groups attached to an aromatic ring is 1. The molecule has 0 bridgehead atoms. The second-order valence-electron chi connectivity index (χ2n) is 10.0. The van der Waals surface area contributed by atoms with Gasteiger partial charge in [-0.25, -0.2) is 14.6 Å². The monoisotopic (exact) mass is 484 g/mol. The molecule has 0 aliphatic carbocycles. The Morgan fingerprint density at radius 3 is 2.56 bits per heavy atom. The summed E-state index contributed by atoms with van der Waals surface area (Å²) >= 11 is 0. The molecule has 1 aliphatic rings. The second kappa shape index (κ2) is 9.56. The van der Waals surface area contributed by atoms with Gasteiger partial charge in [-0.1, -0.05) is 29.8 Å². The number of hydrogen-bond acceptors (Lipinski definition) is 7. The zero-order valence-corrected chi connectivity index (χ0v) is 21.0. The molecule has 9 heteroatoms. The SMILES string of the molecule is Cc1ccc(-c2nn(C(C)(C)CNC(=O)c3cc(N4CCCCC4)ccn3)c3ncnc(N)c23)cc1. The highest BCUT2D eigenvalue weighted by atomic mass is 16.1. The van der Waals surface area contributed by atoms with Gasteiger partial charge < -0.3 is 16.0 Å². The number of rotatable bonds is 6. The van der Waals surface area contributed by atoms with Gasteiger partial charge in [0.15, 0.2) is 5.65 Å². The topological polar surface area (TPSA) is 115 Å². The third kappa shape index (κ3) is 4.60. The Morgan fingerprint density at radius 2 is 1.81 bits per heavy atom. The van der Waals surface area contributed by atoms with Crippen LogP contribution in [-0.4, -0.2) is 50.3 Å². The molecular weight excluding hydrogens is 452 g/mol. The van der Waals surface area contributed by atoms with Gasteiger partial charge in [0.25, 0.3) is 5.91 Å². The fraction of sp³-hybridized carbons (Fsp3) is 0.370. The fourth-order valence-electron chi connectivity index (χ4n) is 4.66. The number of benzene rings is 1. The largest absolute Gasteiger partial charge is 0.383 e. The van der Waals surface area contributed by atoms with Crippen molar-refractivity contribution in [3.05, 3.63) is 60.2 Å². The molecule has 0 saturated carbocycles. The minimum absolute atomic E-state index is 0.216. The van der Waals surface area contributed by atoms with Crippen LogP contribution in [0.5, 0.6) is 0 Å². The van der Waals surface area contributed by atoms with Gasteiger partial charge in [-0.2, -0.15) is 5.10 Å². The summed E-state index contributed by atoms with van der Waals surface area (Å²) in [4.78, 5) is 28.4. The van der Waals surface area contributed by atoms with E-state index in [9.17, 15) is 4.79 Å². The molecule has 5 rings (SSSR count).